The summed E-state index contributed by atoms with van der Waals surface area (Å²) in [5.41, 5.74) is 2.42. The molecule has 5 heteroatoms. The van der Waals surface area contributed by atoms with Gasteiger partial charge in [-0.05, 0) is 30.9 Å². The Morgan fingerprint density at radius 1 is 1.33 bits per heavy atom. The molecule has 1 unspecified atom stereocenters. The van der Waals surface area contributed by atoms with Gasteiger partial charge in [-0.2, -0.15) is 0 Å². The first-order chi connectivity index (χ1) is 10.2. The predicted molar refractivity (Wildman–Crippen MR) is 80.8 cm³/mol. The molecule has 1 saturated heterocycles. The van der Waals surface area contributed by atoms with Gasteiger partial charge in [-0.15, -0.1) is 0 Å². The summed E-state index contributed by atoms with van der Waals surface area (Å²) in [5, 5.41) is 6.81. The van der Waals surface area contributed by atoms with E-state index >= 15 is 0 Å². The molecule has 0 radical (unpaired) electrons. The summed E-state index contributed by atoms with van der Waals surface area (Å²) in [7, 11) is 0. The minimum absolute atomic E-state index is 0.0334. The Kier molecular flexibility index (Phi) is 3.90. The maximum atomic E-state index is 11.8. The molecule has 2 amide bonds. The molecule has 0 spiro atoms. The van der Waals surface area contributed by atoms with Crippen molar-refractivity contribution in [1.82, 2.24) is 15.6 Å². The van der Waals surface area contributed by atoms with Crippen LogP contribution in [0, 0.1) is 0 Å². The lowest BCUT2D eigenvalue weighted by Gasteiger charge is -2.10. The molecule has 1 aromatic heterocycles. The number of nitrogens with one attached hydrogen (secondary N) is 3. The Morgan fingerprint density at radius 3 is 3.00 bits per heavy atom. The van der Waals surface area contributed by atoms with Crippen LogP contribution in [-0.2, 0) is 16.0 Å². The fourth-order valence-electron chi connectivity index (χ4n) is 2.76. The smallest absolute Gasteiger partial charge is 0.242 e. The molecule has 0 saturated carbocycles. The van der Waals surface area contributed by atoms with E-state index in [2.05, 4.69) is 27.8 Å². The van der Waals surface area contributed by atoms with E-state index in [1.807, 2.05) is 18.3 Å². The average Bonchev–Trinajstić information content (AvgIpc) is 3.10. The van der Waals surface area contributed by atoms with Crippen molar-refractivity contribution in [3.63, 3.8) is 0 Å². The highest BCUT2D eigenvalue weighted by atomic mass is 16.2. The number of H-pyrrole nitrogens is 1. The summed E-state index contributed by atoms with van der Waals surface area (Å²) in [6.07, 6.45) is 4.89. The maximum absolute atomic E-state index is 11.8. The minimum atomic E-state index is -0.342. The standard InChI is InChI=1S/C16H19N3O2/c20-15-8-7-14(19-15)16(21)17-9-3-4-11-10-18-13-6-2-1-5-12(11)13/h1-2,5-6,10,14,18H,3-4,7-9H2,(H,17,21)(H,19,20). The van der Waals surface area contributed by atoms with Crippen LogP contribution in [0.3, 0.4) is 0 Å². The summed E-state index contributed by atoms with van der Waals surface area (Å²) < 4.78 is 0. The molecule has 2 heterocycles. The van der Waals surface area contributed by atoms with Gasteiger partial charge in [0.2, 0.25) is 11.8 Å². The summed E-state index contributed by atoms with van der Waals surface area (Å²) >= 11 is 0. The lowest BCUT2D eigenvalue weighted by molar-refractivity contribution is -0.125. The second kappa shape index (κ2) is 5.99. The van der Waals surface area contributed by atoms with Crippen LogP contribution in [-0.4, -0.2) is 29.4 Å². The third kappa shape index (κ3) is 3.07. The van der Waals surface area contributed by atoms with E-state index in [0.29, 0.717) is 19.4 Å². The molecule has 5 nitrogen and oxygen atoms in total. The van der Waals surface area contributed by atoms with Crippen LogP contribution in [0.15, 0.2) is 30.5 Å². The lowest BCUT2D eigenvalue weighted by atomic mass is 10.1. The number of fused-ring (bicyclic) bond motifs is 1. The van der Waals surface area contributed by atoms with Crippen LogP contribution in [0.25, 0.3) is 10.9 Å². The molecular formula is C16H19N3O2. The van der Waals surface area contributed by atoms with Gasteiger partial charge in [0.15, 0.2) is 0 Å². The maximum Gasteiger partial charge on any atom is 0.242 e. The van der Waals surface area contributed by atoms with Crippen LogP contribution in [0.2, 0.25) is 0 Å². The van der Waals surface area contributed by atoms with Crippen LogP contribution in [0.5, 0.6) is 0 Å². The molecule has 0 aliphatic carbocycles. The zero-order valence-electron chi connectivity index (χ0n) is 11.8. The molecule has 1 atom stereocenters. The summed E-state index contributed by atoms with van der Waals surface area (Å²) in [4.78, 5) is 26.2. The number of benzene rings is 1. The van der Waals surface area contributed by atoms with E-state index in [1.165, 1.54) is 10.9 Å². The summed E-state index contributed by atoms with van der Waals surface area (Å²) in [5.74, 6) is -0.103. The van der Waals surface area contributed by atoms with Gasteiger partial charge in [0.1, 0.15) is 6.04 Å². The van der Waals surface area contributed by atoms with Gasteiger partial charge < -0.3 is 15.6 Å². The predicted octanol–water partition coefficient (Wildman–Crippen LogP) is 1.50. The van der Waals surface area contributed by atoms with Crippen molar-refractivity contribution >= 4 is 22.7 Å². The number of aromatic amines is 1. The molecule has 3 rings (SSSR count). The lowest BCUT2D eigenvalue weighted by Crippen LogP contribution is -2.41. The quantitative estimate of drug-likeness (QED) is 0.728. The first kappa shape index (κ1) is 13.7. The minimum Gasteiger partial charge on any atom is -0.361 e. The van der Waals surface area contributed by atoms with Crippen LogP contribution in [0.4, 0.5) is 0 Å². The Hall–Kier alpha value is -2.30. The van der Waals surface area contributed by atoms with E-state index in [4.69, 9.17) is 0 Å². The average molecular weight is 285 g/mol. The van der Waals surface area contributed by atoms with E-state index < -0.39 is 0 Å². The molecule has 1 aliphatic heterocycles. The number of amides is 2. The van der Waals surface area contributed by atoms with Crippen molar-refractivity contribution in [1.29, 1.82) is 0 Å². The van der Waals surface area contributed by atoms with Crippen LogP contribution < -0.4 is 10.6 Å². The normalized spacial score (nSPS) is 17.9. The van der Waals surface area contributed by atoms with Gasteiger partial charge >= 0.3 is 0 Å². The summed E-state index contributed by atoms with van der Waals surface area (Å²) in [6.45, 7) is 0.630. The molecular weight excluding hydrogens is 266 g/mol. The van der Waals surface area contributed by atoms with E-state index in [1.54, 1.807) is 0 Å². The number of rotatable bonds is 5. The monoisotopic (exact) mass is 285 g/mol. The van der Waals surface area contributed by atoms with E-state index in [-0.39, 0.29) is 17.9 Å². The Bertz CT molecular complexity index is 662. The Balaban J connectivity index is 1.46. The van der Waals surface area contributed by atoms with Crippen molar-refractivity contribution in [2.24, 2.45) is 0 Å². The largest absolute Gasteiger partial charge is 0.361 e. The van der Waals surface area contributed by atoms with Crippen LogP contribution >= 0.6 is 0 Å². The highest BCUT2D eigenvalue weighted by molar-refractivity contribution is 5.90. The van der Waals surface area contributed by atoms with E-state index in [9.17, 15) is 9.59 Å². The first-order valence-electron chi connectivity index (χ1n) is 7.36. The molecule has 3 N–H and O–H groups in total. The number of carbonyl (C=O) groups excluding carboxylic acids is 2. The number of aromatic nitrogens is 1. The van der Waals surface area contributed by atoms with Crippen molar-refractivity contribution < 1.29 is 9.59 Å². The van der Waals surface area contributed by atoms with Crippen molar-refractivity contribution in [2.45, 2.75) is 31.7 Å². The fourth-order valence-corrected chi connectivity index (χ4v) is 2.76. The van der Waals surface area contributed by atoms with Gasteiger partial charge in [-0.1, -0.05) is 18.2 Å². The third-order valence-electron chi connectivity index (χ3n) is 3.91. The second-order valence-corrected chi connectivity index (χ2v) is 5.41. The number of para-hydroxylation sites is 1. The van der Waals surface area contributed by atoms with Crippen molar-refractivity contribution in [3.05, 3.63) is 36.0 Å². The van der Waals surface area contributed by atoms with Gasteiger partial charge in [-0.3, -0.25) is 9.59 Å². The Morgan fingerprint density at radius 2 is 2.19 bits per heavy atom. The molecule has 21 heavy (non-hydrogen) atoms. The van der Waals surface area contributed by atoms with E-state index in [0.717, 1.165) is 18.4 Å². The molecule has 1 fully saturated rings. The molecule has 1 aromatic carbocycles. The first-order valence-corrected chi connectivity index (χ1v) is 7.36. The Labute approximate surface area is 123 Å². The van der Waals surface area contributed by atoms with Crippen molar-refractivity contribution in [3.8, 4) is 0 Å². The van der Waals surface area contributed by atoms with Gasteiger partial charge in [0.05, 0.1) is 0 Å². The molecule has 2 aromatic rings. The van der Waals surface area contributed by atoms with Gasteiger partial charge in [-0.25, -0.2) is 0 Å². The highest BCUT2D eigenvalue weighted by Gasteiger charge is 2.26. The van der Waals surface area contributed by atoms with Crippen LogP contribution in [0.1, 0.15) is 24.8 Å². The SMILES string of the molecule is O=C1CCC(C(=O)NCCCc2c[nH]c3ccccc23)N1. The number of aryl methyl sites for hydroxylation is 1. The zero-order valence-corrected chi connectivity index (χ0v) is 11.8. The highest BCUT2D eigenvalue weighted by Crippen LogP contribution is 2.18. The second-order valence-electron chi connectivity index (χ2n) is 5.41. The third-order valence-corrected chi connectivity index (χ3v) is 3.91. The molecule has 1 aliphatic rings. The number of hydrogen-bond acceptors (Lipinski definition) is 2. The molecule has 110 valence electrons. The van der Waals surface area contributed by atoms with Gasteiger partial charge in [0.25, 0.3) is 0 Å². The zero-order chi connectivity index (χ0) is 14.7. The number of hydrogen-bond donors (Lipinski definition) is 3. The summed E-state index contributed by atoms with van der Waals surface area (Å²) in [6, 6.07) is 7.87. The van der Waals surface area contributed by atoms with Crippen molar-refractivity contribution in [2.75, 3.05) is 6.54 Å². The molecule has 0 bridgehead atoms. The number of carbonyl (C=O) groups is 2. The van der Waals surface area contributed by atoms with Gasteiger partial charge in [0, 0.05) is 30.1 Å². The topological polar surface area (TPSA) is 74.0 Å². The fraction of sp³-hybridized carbons (Fsp3) is 0.375.